The Labute approximate surface area is 266 Å². The van der Waals surface area contributed by atoms with E-state index in [0.717, 1.165) is 80.1 Å². The first-order valence-electron chi connectivity index (χ1n) is 18.7. The molecule has 246 valence electrons. The molecule has 8 unspecified atom stereocenters. The van der Waals surface area contributed by atoms with Gasteiger partial charge in [0.25, 0.3) is 0 Å². The fraction of sp³-hybridized carbons (Fsp3) is 0.947. The number of nitrogens with zero attached hydrogens (tertiary/aromatic N) is 1. The summed E-state index contributed by atoms with van der Waals surface area (Å²) in [5, 5.41) is 4.23. The highest BCUT2D eigenvalue weighted by Gasteiger charge is 2.65. The summed E-state index contributed by atoms with van der Waals surface area (Å²) in [7, 11) is -0.583. The van der Waals surface area contributed by atoms with E-state index in [4.69, 9.17) is 0 Å². The maximum absolute atomic E-state index is 13.3. The van der Waals surface area contributed by atoms with Crippen LogP contribution in [0.4, 0.5) is 4.39 Å². The van der Waals surface area contributed by atoms with E-state index < -0.39 is 10.8 Å². The highest BCUT2D eigenvalue weighted by molar-refractivity contribution is 7.85. The van der Waals surface area contributed by atoms with Crippen LogP contribution in [0.2, 0.25) is 0 Å². The normalized spacial score (nSPS) is 43.7. The summed E-state index contributed by atoms with van der Waals surface area (Å²) in [6.07, 6.45) is 20.9. The predicted molar refractivity (Wildman–Crippen MR) is 180 cm³/mol. The standard InChI is InChI=1S/C38H65FN2OS/c1-6-9-28(10-8-21-39)30-14-18-37(5)33(35(30,2)3)16-19-36(4)31-15-20-38(40-22-23-41-24-26-43(42)27-25-41)17-7-11-32(38)29(31)12-13-34(36)37/h14,28-29,31-34,40H,6-13,15-27H2,1-5H3/t28?,29?,31?,32-,33?,34?,36?,37?,38?/m1/s1. The summed E-state index contributed by atoms with van der Waals surface area (Å²) in [6.45, 7) is 17.0. The zero-order valence-corrected chi connectivity index (χ0v) is 29.3. The van der Waals surface area contributed by atoms with E-state index in [1.807, 2.05) is 0 Å². The molecule has 0 radical (unpaired) electrons. The van der Waals surface area contributed by atoms with Gasteiger partial charge in [-0.1, -0.05) is 59.1 Å². The van der Waals surface area contributed by atoms with E-state index in [9.17, 15) is 8.60 Å². The number of nitrogens with one attached hydrogen (secondary N) is 1. The van der Waals surface area contributed by atoms with Crippen molar-refractivity contribution in [2.45, 2.75) is 130 Å². The molecule has 43 heavy (non-hydrogen) atoms. The van der Waals surface area contributed by atoms with Crippen molar-refractivity contribution in [1.82, 2.24) is 10.2 Å². The minimum absolute atomic E-state index is 0.169. The Bertz CT molecular complexity index is 1030. The second kappa shape index (κ2) is 12.7. The molecule has 4 saturated carbocycles. The zero-order chi connectivity index (χ0) is 30.5. The number of alkyl halides is 1. The number of fused-ring (bicyclic) bond motifs is 7. The van der Waals surface area contributed by atoms with Crippen molar-refractivity contribution in [1.29, 1.82) is 0 Å². The van der Waals surface area contributed by atoms with Crippen LogP contribution < -0.4 is 5.32 Å². The minimum Gasteiger partial charge on any atom is -0.310 e. The third kappa shape index (κ3) is 5.68. The molecule has 6 aliphatic rings. The average molecular weight is 617 g/mol. The van der Waals surface area contributed by atoms with Gasteiger partial charge in [-0.2, -0.15) is 0 Å². The van der Waals surface area contributed by atoms with Crippen molar-refractivity contribution in [3.05, 3.63) is 11.6 Å². The molecule has 1 saturated heterocycles. The molecule has 0 aromatic carbocycles. The van der Waals surface area contributed by atoms with Crippen LogP contribution in [-0.2, 0) is 10.8 Å². The SMILES string of the molecule is CCCC(CCCF)C1=CCC2(C)C(CCC3(C)C4CCC5(NCCN6CCS(=O)CC6)CCC[C@@H]5C4CCC32)C1(C)C. The van der Waals surface area contributed by atoms with E-state index in [0.29, 0.717) is 22.3 Å². The fourth-order valence-corrected chi connectivity index (χ4v) is 14.5. The minimum atomic E-state index is -0.583. The molecule has 3 nitrogen and oxygen atoms in total. The molecule has 0 aromatic rings. The molecule has 0 aromatic heterocycles. The molecule has 5 fully saturated rings. The first-order chi connectivity index (χ1) is 20.6. The average Bonchev–Trinajstić information content (AvgIpc) is 3.41. The second-order valence-corrected chi connectivity index (χ2v) is 18.9. The molecule has 1 heterocycles. The Kier molecular flexibility index (Phi) is 9.68. The number of allylic oxidation sites excluding steroid dienone is 2. The van der Waals surface area contributed by atoms with Gasteiger partial charge in [-0.05, 0) is 129 Å². The van der Waals surface area contributed by atoms with Gasteiger partial charge in [0.1, 0.15) is 0 Å². The van der Waals surface area contributed by atoms with Crippen LogP contribution in [-0.4, -0.2) is 59.0 Å². The van der Waals surface area contributed by atoms with Crippen LogP contribution in [0.1, 0.15) is 125 Å². The van der Waals surface area contributed by atoms with E-state index in [1.54, 1.807) is 5.57 Å². The zero-order valence-electron chi connectivity index (χ0n) is 28.5. The molecular formula is C38H65FN2OS. The van der Waals surface area contributed by atoms with Gasteiger partial charge < -0.3 is 10.2 Å². The summed E-state index contributed by atoms with van der Waals surface area (Å²) in [6, 6.07) is 0. The monoisotopic (exact) mass is 616 g/mol. The van der Waals surface area contributed by atoms with Gasteiger partial charge in [-0.25, -0.2) is 0 Å². The van der Waals surface area contributed by atoms with Gasteiger partial charge in [-0.15, -0.1) is 0 Å². The Morgan fingerprint density at radius 1 is 0.953 bits per heavy atom. The van der Waals surface area contributed by atoms with Crippen LogP contribution in [0.25, 0.3) is 0 Å². The summed E-state index contributed by atoms with van der Waals surface area (Å²) in [5.74, 6) is 6.55. The third-order valence-electron chi connectivity index (χ3n) is 15.1. The van der Waals surface area contributed by atoms with Gasteiger partial charge in [-0.3, -0.25) is 8.60 Å². The molecule has 5 aliphatic carbocycles. The maximum atomic E-state index is 13.3. The van der Waals surface area contributed by atoms with Crippen LogP contribution in [0, 0.1) is 51.8 Å². The van der Waals surface area contributed by atoms with Crippen LogP contribution in [0.5, 0.6) is 0 Å². The smallest absolute Gasteiger partial charge is 0.0894 e. The number of halogens is 1. The molecule has 0 bridgehead atoms. The lowest BCUT2D eigenvalue weighted by atomic mass is 9.36. The van der Waals surface area contributed by atoms with E-state index >= 15 is 0 Å². The third-order valence-corrected chi connectivity index (χ3v) is 16.4. The van der Waals surface area contributed by atoms with E-state index in [2.05, 4.69) is 50.9 Å². The molecule has 5 heteroatoms. The van der Waals surface area contributed by atoms with Crippen molar-refractivity contribution in [2.75, 3.05) is 44.4 Å². The summed E-state index contributed by atoms with van der Waals surface area (Å²) in [5.41, 5.74) is 3.16. The van der Waals surface area contributed by atoms with Gasteiger partial charge >= 0.3 is 0 Å². The highest BCUT2D eigenvalue weighted by atomic mass is 32.2. The lowest BCUT2D eigenvalue weighted by Gasteiger charge is -2.68. The second-order valence-electron chi connectivity index (χ2n) is 17.2. The van der Waals surface area contributed by atoms with Crippen molar-refractivity contribution in [3.63, 3.8) is 0 Å². The highest BCUT2D eigenvalue weighted by Crippen LogP contribution is 2.72. The molecule has 1 aliphatic heterocycles. The van der Waals surface area contributed by atoms with Crippen molar-refractivity contribution < 1.29 is 8.60 Å². The molecule has 1 N–H and O–H groups in total. The summed E-state index contributed by atoms with van der Waals surface area (Å²) < 4.78 is 25.1. The van der Waals surface area contributed by atoms with E-state index in [-0.39, 0.29) is 12.1 Å². The van der Waals surface area contributed by atoms with Crippen LogP contribution in [0.3, 0.4) is 0 Å². The van der Waals surface area contributed by atoms with Crippen molar-refractivity contribution in [3.8, 4) is 0 Å². The number of hydrogen-bond donors (Lipinski definition) is 1. The first kappa shape index (κ1) is 32.7. The molecule has 0 spiro atoms. The summed E-state index contributed by atoms with van der Waals surface area (Å²) >= 11 is 0. The number of hydrogen-bond acceptors (Lipinski definition) is 3. The topological polar surface area (TPSA) is 32.3 Å². The molecule has 0 amide bonds. The predicted octanol–water partition coefficient (Wildman–Crippen LogP) is 8.56. The first-order valence-corrected chi connectivity index (χ1v) is 20.2. The van der Waals surface area contributed by atoms with Crippen molar-refractivity contribution >= 4 is 10.8 Å². The molecular weight excluding hydrogens is 551 g/mol. The molecule has 6 rings (SSSR count). The van der Waals surface area contributed by atoms with Gasteiger partial charge in [0, 0.05) is 54.0 Å². The lowest BCUT2D eigenvalue weighted by Crippen LogP contribution is -2.64. The Morgan fingerprint density at radius 3 is 2.49 bits per heavy atom. The number of rotatable bonds is 10. The maximum Gasteiger partial charge on any atom is 0.0894 e. The van der Waals surface area contributed by atoms with Crippen LogP contribution >= 0.6 is 0 Å². The van der Waals surface area contributed by atoms with Gasteiger partial charge in [0.15, 0.2) is 0 Å². The lowest BCUT2D eigenvalue weighted by molar-refractivity contribution is -0.176. The van der Waals surface area contributed by atoms with E-state index in [1.165, 1.54) is 77.0 Å². The summed E-state index contributed by atoms with van der Waals surface area (Å²) in [4.78, 5) is 2.54. The van der Waals surface area contributed by atoms with Crippen molar-refractivity contribution in [2.24, 2.45) is 51.8 Å². The largest absolute Gasteiger partial charge is 0.310 e. The molecule has 9 atom stereocenters. The quantitative estimate of drug-likeness (QED) is 0.250. The Balaban J connectivity index is 1.17. The Hall–Kier alpha value is -0.260. The van der Waals surface area contributed by atoms with Crippen LogP contribution in [0.15, 0.2) is 11.6 Å². The fourth-order valence-electron chi connectivity index (χ4n) is 13.3. The van der Waals surface area contributed by atoms with Gasteiger partial charge in [0.2, 0.25) is 0 Å². The Morgan fingerprint density at radius 2 is 1.74 bits per heavy atom. The van der Waals surface area contributed by atoms with Gasteiger partial charge in [0.05, 0.1) is 6.67 Å².